The van der Waals surface area contributed by atoms with Crippen molar-refractivity contribution < 1.29 is 0 Å². The van der Waals surface area contributed by atoms with E-state index in [2.05, 4.69) is 36.6 Å². The number of nitrogens with one attached hydrogen (secondary N) is 1. The maximum Gasteiger partial charge on any atom is 0.0466 e. The van der Waals surface area contributed by atoms with Gasteiger partial charge in [0.25, 0.3) is 0 Å². The predicted molar refractivity (Wildman–Crippen MR) is 70.8 cm³/mol. The average Bonchev–Trinajstić information content (AvgIpc) is 2.72. The first-order valence-corrected chi connectivity index (χ1v) is 6.77. The molecule has 0 spiro atoms. The summed E-state index contributed by atoms with van der Waals surface area (Å²) >= 11 is 0. The molecule has 0 heterocycles. The Kier molecular flexibility index (Phi) is 2.72. The molecule has 0 bridgehead atoms. The maximum atomic E-state index is 5.86. The minimum absolute atomic E-state index is 0.238. The summed E-state index contributed by atoms with van der Waals surface area (Å²) < 4.78 is 0. The molecule has 0 aliphatic heterocycles. The van der Waals surface area contributed by atoms with E-state index in [1.54, 1.807) is 11.1 Å². The Bertz CT molecular complexity index is 415. The SMILES string of the molecule is CNC12CCC(CN)CC1Cc1ccccc12. The first kappa shape index (κ1) is 11.2. The van der Waals surface area contributed by atoms with E-state index >= 15 is 0 Å². The van der Waals surface area contributed by atoms with Crippen LogP contribution in [0.5, 0.6) is 0 Å². The normalized spacial score (nSPS) is 35.4. The van der Waals surface area contributed by atoms with E-state index in [0.717, 1.165) is 18.4 Å². The van der Waals surface area contributed by atoms with Gasteiger partial charge in [-0.05, 0) is 62.2 Å². The summed E-state index contributed by atoms with van der Waals surface area (Å²) in [6.45, 7) is 0.854. The molecular weight excluding hydrogens is 208 g/mol. The van der Waals surface area contributed by atoms with Crippen LogP contribution in [0.25, 0.3) is 0 Å². The van der Waals surface area contributed by atoms with Gasteiger partial charge in [-0.2, -0.15) is 0 Å². The highest BCUT2D eigenvalue weighted by molar-refractivity contribution is 5.40. The third-order valence-electron chi connectivity index (χ3n) is 5.01. The van der Waals surface area contributed by atoms with Crippen molar-refractivity contribution in [3.05, 3.63) is 35.4 Å². The molecule has 0 amide bonds. The summed E-state index contributed by atoms with van der Waals surface area (Å²) in [5.41, 5.74) is 9.18. The van der Waals surface area contributed by atoms with Crippen molar-refractivity contribution >= 4 is 0 Å². The summed E-state index contributed by atoms with van der Waals surface area (Å²) in [6, 6.07) is 8.95. The van der Waals surface area contributed by atoms with E-state index in [-0.39, 0.29) is 5.54 Å². The van der Waals surface area contributed by atoms with Gasteiger partial charge in [0, 0.05) is 5.54 Å². The van der Waals surface area contributed by atoms with Crippen molar-refractivity contribution in [2.45, 2.75) is 31.2 Å². The van der Waals surface area contributed by atoms with Gasteiger partial charge < -0.3 is 11.1 Å². The molecule has 3 unspecified atom stereocenters. The Morgan fingerprint density at radius 3 is 3.00 bits per heavy atom. The molecule has 3 N–H and O–H groups in total. The lowest BCUT2D eigenvalue weighted by Crippen LogP contribution is -2.48. The summed E-state index contributed by atoms with van der Waals surface area (Å²) in [7, 11) is 2.12. The van der Waals surface area contributed by atoms with Crippen molar-refractivity contribution in [3.8, 4) is 0 Å². The Hall–Kier alpha value is -0.860. The molecule has 0 aromatic heterocycles. The van der Waals surface area contributed by atoms with Crippen LogP contribution in [0.15, 0.2) is 24.3 Å². The zero-order chi connectivity index (χ0) is 11.9. The fourth-order valence-corrected chi connectivity index (χ4v) is 4.05. The molecule has 2 aliphatic carbocycles. The molecule has 2 nitrogen and oxygen atoms in total. The largest absolute Gasteiger partial charge is 0.330 e. The van der Waals surface area contributed by atoms with Crippen LogP contribution in [0.4, 0.5) is 0 Å². The second-order valence-electron chi connectivity index (χ2n) is 5.66. The van der Waals surface area contributed by atoms with Crippen LogP contribution in [0.2, 0.25) is 0 Å². The smallest absolute Gasteiger partial charge is 0.0466 e. The van der Waals surface area contributed by atoms with Gasteiger partial charge in [0.05, 0.1) is 0 Å². The van der Waals surface area contributed by atoms with Crippen LogP contribution in [0.1, 0.15) is 30.4 Å². The maximum absolute atomic E-state index is 5.86. The van der Waals surface area contributed by atoms with Crippen molar-refractivity contribution in [1.82, 2.24) is 5.32 Å². The first-order valence-electron chi connectivity index (χ1n) is 6.77. The molecule has 92 valence electrons. The summed E-state index contributed by atoms with van der Waals surface area (Å²) in [5, 5.41) is 3.64. The van der Waals surface area contributed by atoms with Crippen LogP contribution >= 0.6 is 0 Å². The van der Waals surface area contributed by atoms with Crippen LogP contribution in [0, 0.1) is 11.8 Å². The van der Waals surface area contributed by atoms with Gasteiger partial charge in [-0.15, -0.1) is 0 Å². The fraction of sp³-hybridized carbons (Fsp3) is 0.600. The van der Waals surface area contributed by atoms with Gasteiger partial charge in [-0.3, -0.25) is 0 Å². The second-order valence-corrected chi connectivity index (χ2v) is 5.66. The van der Waals surface area contributed by atoms with Crippen molar-refractivity contribution in [1.29, 1.82) is 0 Å². The molecule has 1 aromatic carbocycles. The van der Waals surface area contributed by atoms with Gasteiger partial charge in [-0.1, -0.05) is 24.3 Å². The van der Waals surface area contributed by atoms with E-state index in [9.17, 15) is 0 Å². The van der Waals surface area contributed by atoms with E-state index in [4.69, 9.17) is 5.73 Å². The van der Waals surface area contributed by atoms with Crippen molar-refractivity contribution in [2.75, 3.05) is 13.6 Å². The van der Waals surface area contributed by atoms with Gasteiger partial charge in [0.15, 0.2) is 0 Å². The Morgan fingerprint density at radius 2 is 2.24 bits per heavy atom. The molecule has 2 aliphatic rings. The second kappa shape index (κ2) is 4.11. The van der Waals surface area contributed by atoms with E-state index in [0.29, 0.717) is 0 Å². The molecular formula is C15H22N2. The third kappa shape index (κ3) is 1.54. The monoisotopic (exact) mass is 230 g/mol. The molecule has 0 radical (unpaired) electrons. The first-order chi connectivity index (χ1) is 8.30. The average molecular weight is 230 g/mol. The molecule has 1 aromatic rings. The highest BCUT2D eigenvalue weighted by atomic mass is 15.0. The fourth-order valence-electron chi connectivity index (χ4n) is 4.05. The van der Waals surface area contributed by atoms with Crippen molar-refractivity contribution in [2.24, 2.45) is 17.6 Å². The van der Waals surface area contributed by atoms with Crippen LogP contribution in [-0.4, -0.2) is 13.6 Å². The number of fused-ring (bicyclic) bond motifs is 3. The molecule has 3 rings (SSSR count). The van der Waals surface area contributed by atoms with Crippen LogP contribution < -0.4 is 11.1 Å². The molecule has 1 saturated carbocycles. The summed E-state index contributed by atoms with van der Waals surface area (Å²) in [6.07, 6.45) is 5.02. The molecule has 1 fully saturated rings. The quantitative estimate of drug-likeness (QED) is 0.816. The van der Waals surface area contributed by atoms with Crippen molar-refractivity contribution in [3.63, 3.8) is 0 Å². The minimum atomic E-state index is 0.238. The molecule has 0 saturated heterocycles. The lowest BCUT2D eigenvalue weighted by atomic mass is 9.69. The zero-order valence-corrected chi connectivity index (χ0v) is 10.6. The zero-order valence-electron chi connectivity index (χ0n) is 10.6. The number of hydrogen-bond acceptors (Lipinski definition) is 2. The molecule has 17 heavy (non-hydrogen) atoms. The Balaban J connectivity index is 1.99. The standard InChI is InChI=1S/C15H22N2/c1-17-15-7-6-11(10-16)8-13(15)9-12-4-2-3-5-14(12)15/h2-5,11,13,17H,6-10,16H2,1H3. The summed E-state index contributed by atoms with van der Waals surface area (Å²) in [5.74, 6) is 1.47. The van der Waals surface area contributed by atoms with Gasteiger partial charge in [0.2, 0.25) is 0 Å². The van der Waals surface area contributed by atoms with Gasteiger partial charge >= 0.3 is 0 Å². The highest BCUT2D eigenvalue weighted by Gasteiger charge is 2.48. The lowest BCUT2D eigenvalue weighted by Gasteiger charge is -2.43. The Morgan fingerprint density at radius 1 is 1.41 bits per heavy atom. The summed E-state index contributed by atoms with van der Waals surface area (Å²) in [4.78, 5) is 0. The number of nitrogens with two attached hydrogens (primary N) is 1. The van der Waals surface area contributed by atoms with E-state index in [1.165, 1.54) is 25.7 Å². The topological polar surface area (TPSA) is 38.0 Å². The van der Waals surface area contributed by atoms with Gasteiger partial charge in [-0.25, -0.2) is 0 Å². The predicted octanol–water partition coefficient (Wildman–Crippen LogP) is 2.03. The third-order valence-corrected chi connectivity index (χ3v) is 5.01. The number of rotatable bonds is 2. The Labute approximate surface area is 104 Å². The van der Waals surface area contributed by atoms with Crippen LogP contribution in [0.3, 0.4) is 0 Å². The minimum Gasteiger partial charge on any atom is -0.330 e. The molecule has 2 heteroatoms. The number of benzene rings is 1. The lowest BCUT2D eigenvalue weighted by molar-refractivity contribution is 0.131. The highest BCUT2D eigenvalue weighted by Crippen LogP contribution is 2.50. The van der Waals surface area contributed by atoms with Gasteiger partial charge in [0.1, 0.15) is 0 Å². The molecule has 3 atom stereocenters. The van der Waals surface area contributed by atoms with E-state index in [1.807, 2.05) is 0 Å². The number of hydrogen-bond donors (Lipinski definition) is 2. The van der Waals surface area contributed by atoms with E-state index < -0.39 is 0 Å². The van der Waals surface area contributed by atoms with Crippen LogP contribution in [-0.2, 0) is 12.0 Å².